The van der Waals surface area contributed by atoms with E-state index in [9.17, 15) is 19.5 Å². The number of hydrogen-bond donors (Lipinski definition) is 3. The lowest BCUT2D eigenvalue weighted by Gasteiger charge is -2.36. The first kappa shape index (κ1) is 28.0. The van der Waals surface area contributed by atoms with Gasteiger partial charge >= 0.3 is 5.97 Å². The van der Waals surface area contributed by atoms with Crippen molar-refractivity contribution < 1.29 is 24.2 Å². The van der Waals surface area contributed by atoms with Gasteiger partial charge in [-0.05, 0) is 79.1 Å². The number of nitrogens with one attached hydrogen (secondary N) is 1. The molecule has 1 heterocycles. The number of rotatable bonds is 10. The van der Waals surface area contributed by atoms with Crippen molar-refractivity contribution in [1.29, 1.82) is 0 Å². The van der Waals surface area contributed by atoms with E-state index >= 15 is 0 Å². The van der Waals surface area contributed by atoms with Crippen LogP contribution in [0.2, 0.25) is 0 Å². The molecule has 2 aliphatic rings. The summed E-state index contributed by atoms with van der Waals surface area (Å²) in [5, 5.41) is 12.0. The molecule has 2 aromatic rings. The molecule has 1 aliphatic carbocycles. The first-order valence-corrected chi connectivity index (χ1v) is 12.9. The summed E-state index contributed by atoms with van der Waals surface area (Å²) in [5.41, 5.74) is 8.11. The Morgan fingerprint density at radius 2 is 1.88 bits per heavy atom. The van der Waals surface area contributed by atoms with Crippen LogP contribution in [0.4, 0.5) is 0 Å². The molecular weight excluding hydrogens is 508 g/mol. The Kier molecular flexibility index (Phi) is 9.19. The van der Waals surface area contributed by atoms with Gasteiger partial charge in [-0.25, -0.2) is 4.79 Å². The number of allylic oxidation sites excluding steroid dienone is 5. The lowest BCUT2D eigenvalue weighted by molar-refractivity contribution is -0.135. The maximum absolute atomic E-state index is 12.8. The third kappa shape index (κ3) is 7.50. The zero-order valence-corrected chi connectivity index (χ0v) is 22.1. The number of carbonyl (C=O) groups excluding carboxylic acids is 2. The lowest BCUT2D eigenvalue weighted by Crippen LogP contribution is -2.49. The Morgan fingerprint density at radius 1 is 1.07 bits per heavy atom. The van der Waals surface area contributed by atoms with Crippen molar-refractivity contribution in [2.24, 2.45) is 5.73 Å². The molecule has 9 heteroatoms. The number of nitrogens with zero attached hydrogens (tertiary/aromatic N) is 2. The molecule has 0 radical (unpaired) electrons. The number of carboxylic acid groups (broad SMARTS) is 1. The zero-order chi connectivity index (χ0) is 28.5. The third-order valence-corrected chi connectivity index (χ3v) is 6.48. The molecule has 206 valence electrons. The summed E-state index contributed by atoms with van der Waals surface area (Å²) in [7, 11) is 0. The Labute approximate surface area is 233 Å². The summed E-state index contributed by atoms with van der Waals surface area (Å²) in [6.45, 7) is 5.55. The summed E-state index contributed by atoms with van der Waals surface area (Å²) in [4.78, 5) is 40.2. The molecule has 40 heavy (non-hydrogen) atoms. The van der Waals surface area contributed by atoms with Crippen LogP contribution >= 0.6 is 0 Å². The quantitative estimate of drug-likeness (QED) is 0.390. The molecule has 4 rings (SSSR count). The molecular formula is C31H32N4O5. The van der Waals surface area contributed by atoms with Gasteiger partial charge in [0.15, 0.2) is 0 Å². The molecule has 0 bridgehead atoms. The van der Waals surface area contributed by atoms with Crippen LogP contribution in [0.5, 0.6) is 5.75 Å². The average Bonchev–Trinajstić information content (AvgIpc) is 2.97. The Balaban J connectivity index is 1.27. The number of amides is 2. The van der Waals surface area contributed by atoms with Gasteiger partial charge in [0.2, 0.25) is 5.91 Å². The van der Waals surface area contributed by atoms with Gasteiger partial charge in [-0.15, -0.1) is 0 Å². The van der Waals surface area contributed by atoms with Crippen molar-refractivity contribution >= 4 is 17.8 Å². The van der Waals surface area contributed by atoms with Gasteiger partial charge in [0, 0.05) is 37.1 Å². The van der Waals surface area contributed by atoms with Crippen molar-refractivity contribution in [3.05, 3.63) is 126 Å². The van der Waals surface area contributed by atoms with E-state index < -0.39 is 5.97 Å². The monoisotopic (exact) mass is 540 g/mol. The fourth-order valence-electron chi connectivity index (χ4n) is 4.25. The summed E-state index contributed by atoms with van der Waals surface area (Å²) in [5.74, 6) is 0.00883. The van der Waals surface area contributed by atoms with Crippen molar-refractivity contribution in [2.45, 2.75) is 19.4 Å². The van der Waals surface area contributed by atoms with E-state index in [0.717, 1.165) is 24.2 Å². The highest BCUT2D eigenvalue weighted by atomic mass is 16.5. The van der Waals surface area contributed by atoms with E-state index in [0.29, 0.717) is 42.3 Å². The molecule has 2 amide bonds. The molecule has 1 aliphatic heterocycles. The maximum atomic E-state index is 12.8. The molecule has 0 aromatic heterocycles. The predicted molar refractivity (Wildman–Crippen MR) is 152 cm³/mol. The second-order valence-corrected chi connectivity index (χ2v) is 9.36. The number of carbonyl (C=O) groups is 3. The number of piperazine rings is 1. The number of nitrogens with two attached hydrogens (primary N) is 1. The summed E-state index contributed by atoms with van der Waals surface area (Å²) in [6.07, 6.45) is 12.6. The molecule has 0 atom stereocenters. The van der Waals surface area contributed by atoms with E-state index in [1.54, 1.807) is 59.5 Å². The standard InChI is InChI=1S/C31H32N4O5/c1-22(34-16-17-35(29(36)21-34)20-23-6-5-7-25(18-23)31(38)39)10-13-26(19-32)33-30(37)24-11-14-28(15-12-24)40-27-8-3-2-4-9-27/h3,5-15,18-19H,1-2,4,16-17,20-21,32H2,(H,33,37)(H,38,39)/b13-10-,26-19+. The van der Waals surface area contributed by atoms with Gasteiger partial charge in [0.1, 0.15) is 11.5 Å². The largest absolute Gasteiger partial charge is 0.478 e. The molecule has 2 aromatic carbocycles. The predicted octanol–water partition coefficient (Wildman–Crippen LogP) is 3.94. The lowest BCUT2D eigenvalue weighted by atomic mass is 10.1. The van der Waals surface area contributed by atoms with Crippen molar-refractivity contribution in [1.82, 2.24) is 15.1 Å². The number of hydrogen-bond acceptors (Lipinski definition) is 6. The van der Waals surface area contributed by atoms with Crippen molar-refractivity contribution in [3.8, 4) is 5.75 Å². The van der Waals surface area contributed by atoms with Gasteiger partial charge in [-0.1, -0.05) is 24.8 Å². The molecule has 1 saturated heterocycles. The molecule has 0 saturated carbocycles. The number of carboxylic acids is 1. The highest BCUT2D eigenvalue weighted by molar-refractivity contribution is 5.95. The molecule has 1 fully saturated rings. The normalized spacial score (nSPS) is 15.7. The van der Waals surface area contributed by atoms with Gasteiger partial charge in [0.05, 0.1) is 17.8 Å². The fraction of sp³-hybridized carbons (Fsp3) is 0.194. The summed E-state index contributed by atoms with van der Waals surface area (Å²) < 4.78 is 5.81. The van der Waals surface area contributed by atoms with Gasteiger partial charge in [-0.3, -0.25) is 9.59 Å². The van der Waals surface area contributed by atoms with E-state index in [2.05, 4.69) is 18.0 Å². The summed E-state index contributed by atoms with van der Waals surface area (Å²) >= 11 is 0. The second kappa shape index (κ2) is 13.1. The Morgan fingerprint density at radius 3 is 2.55 bits per heavy atom. The third-order valence-electron chi connectivity index (χ3n) is 6.48. The summed E-state index contributed by atoms with van der Waals surface area (Å²) in [6, 6.07) is 13.4. The Hall–Kier alpha value is -5.05. The van der Waals surface area contributed by atoms with Gasteiger partial charge < -0.3 is 30.7 Å². The molecule has 0 spiro atoms. The van der Waals surface area contributed by atoms with E-state index in [1.807, 2.05) is 17.1 Å². The number of ether oxygens (including phenoxy) is 1. The fourth-order valence-corrected chi connectivity index (χ4v) is 4.25. The zero-order valence-electron chi connectivity index (χ0n) is 22.1. The minimum Gasteiger partial charge on any atom is -0.478 e. The van der Waals surface area contributed by atoms with Crippen LogP contribution in [0.1, 0.15) is 39.1 Å². The average molecular weight is 541 g/mol. The molecule has 4 N–H and O–H groups in total. The van der Waals surface area contributed by atoms with Gasteiger partial charge in [0.25, 0.3) is 5.91 Å². The first-order chi connectivity index (χ1) is 19.3. The minimum absolute atomic E-state index is 0.0901. The number of benzene rings is 2. The van der Waals surface area contributed by atoms with Crippen LogP contribution in [-0.2, 0) is 11.3 Å². The molecule has 9 nitrogen and oxygen atoms in total. The highest BCUT2D eigenvalue weighted by Gasteiger charge is 2.24. The molecule has 0 unspecified atom stereocenters. The topological polar surface area (TPSA) is 125 Å². The SMILES string of the molecule is C=C(/C=C\C(=C/N)NC(=O)c1ccc(OC2=CCCC=C2)cc1)N1CCN(Cc2cccc(C(=O)O)c2)C(=O)C1. The van der Waals surface area contributed by atoms with E-state index in [-0.39, 0.29) is 23.9 Å². The first-order valence-electron chi connectivity index (χ1n) is 12.9. The maximum Gasteiger partial charge on any atom is 0.335 e. The van der Waals surface area contributed by atoms with Crippen LogP contribution in [0.3, 0.4) is 0 Å². The van der Waals surface area contributed by atoms with Crippen LogP contribution < -0.4 is 15.8 Å². The van der Waals surface area contributed by atoms with Crippen LogP contribution in [0, 0.1) is 0 Å². The van der Waals surface area contributed by atoms with Gasteiger partial charge in [-0.2, -0.15) is 0 Å². The highest BCUT2D eigenvalue weighted by Crippen LogP contribution is 2.19. The van der Waals surface area contributed by atoms with Crippen LogP contribution in [0.25, 0.3) is 0 Å². The second-order valence-electron chi connectivity index (χ2n) is 9.36. The van der Waals surface area contributed by atoms with Crippen molar-refractivity contribution in [2.75, 3.05) is 19.6 Å². The van der Waals surface area contributed by atoms with E-state index in [1.165, 1.54) is 12.3 Å². The Bertz CT molecular complexity index is 1410. The van der Waals surface area contributed by atoms with E-state index in [4.69, 9.17) is 10.5 Å². The van der Waals surface area contributed by atoms with Crippen molar-refractivity contribution in [3.63, 3.8) is 0 Å². The van der Waals surface area contributed by atoms with Crippen LogP contribution in [-0.4, -0.2) is 52.3 Å². The minimum atomic E-state index is -1.00. The number of aromatic carboxylic acids is 1. The van der Waals surface area contributed by atoms with Crippen LogP contribution in [0.15, 0.2) is 109 Å². The smallest absolute Gasteiger partial charge is 0.335 e.